The number of carbonyl (C=O) groups excluding carboxylic acids is 2. The van der Waals surface area contributed by atoms with E-state index in [1.807, 2.05) is 41.3 Å². The predicted molar refractivity (Wildman–Crippen MR) is 119 cm³/mol. The van der Waals surface area contributed by atoms with E-state index in [1.54, 1.807) is 6.07 Å². The quantitative estimate of drug-likeness (QED) is 0.725. The van der Waals surface area contributed by atoms with Crippen molar-refractivity contribution in [3.05, 3.63) is 53.1 Å². The van der Waals surface area contributed by atoms with Crippen molar-refractivity contribution in [3.8, 4) is 0 Å². The van der Waals surface area contributed by atoms with E-state index in [0.717, 1.165) is 48.9 Å². The lowest BCUT2D eigenvalue weighted by atomic mass is 10.1. The molecule has 7 heteroatoms. The summed E-state index contributed by atoms with van der Waals surface area (Å²) in [6.07, 6.45) is 1.13. The van der Waals surface area contributed by atoms with Gasteiger partial charge in [0.1, 0.15) is 0 Å². The van der Waals surface area contributed by atoms with Crippen LogP contribution in [0.2, 0.25) is 5.02 Å². The van der Waals surface area contributed by atoms with Crippen molar-refractivity contribution < 1.29 is 9.59 Å². The molecule has 1 heterocycles. The first-order valence-corrected chi connectivity index (χ1v) is 11.0. The number of hydrogen-bond acceptors (Lipinski definition) is 4. The van der Waals surface area contributed by atoms with Gasteiger partial charge in [-0.1, -0.05) is 30.3 Å². The zero-order valence-corrected chi connectivity index (χ0v) is 18.4. The molecule has 154 valence electrons. The van der Waals surface area contributed by atoms with Crippen LogP contribution in [0.25, 0.3) is 0 Å². The van der Waals surface area contributed by atoms with E-state index in [4.69, 9.17) is 11.6 Å². The van der Waals surface area contributed by atoms with Gasteiger partial charge in [-0.05, 0) is 55.4 Å². The Morgan fingerprint density at radius 2 is 1.76 bits per heavy atom. The molecule has 5 nitrogen and oxygen atoms in total. The third-order valence-electron chi connectivity index (χ3n) is 4.78. The summed E-state index contributed by atoms with van der Waals surface area (Å²) in [5.74, 6) is -0.156. The molecule has 0 bridgehead atoms. The van der Waals surface area contributed by atoms with Crippen molar-refractivity contribution in [2.75, 3.05) is 38.0 Å². The molecule has 0 atom stereocenters. The maximum atomic E-state index is 13.0. The van der Waals surface area contributed by atoms with Gasteiger partial charge >= 0.3 is 0 Å². The Balaban J connectivity index is 1.77. The Morgan fingerprint density at radius 1 is 1.07 bits per heavy atom. The van der Waals surface area contributed by atoms with Crippen LogP contribution >= 0.6 is 23.4 Å². The predicted octanol–water partition coefficient (Wildman–Crippen LogP) is 4.62. The van der Waals surface area contributed by atoms with Crippen molar-refractivity contribution >= 4 is 40.9 Å². The van der Waals surface area contributed by atoms with Crippen molar-refractivity contribution in [1.29, 1.82) is 0 Å². The molecular formula is C22H26ClN3O2S. The fraction of sp³-hybridized carbons (Fsp3) is 0.364. The van der Waals surface area contributed by atoms with Crippen molar-refractivity contribution in [2.24, 2.45) is 0 Å². The van der Waals surface area contributed by atoms with Crippen molar-refractivity contribution in [1.82, 2.24) is 9.80 Å². The van der Waals surface area contributed by atoms with Crippen molar-refractivity contribution in [3.63, 3.8) is 0 Å². The summed E-state index contributed by atoms with van der Waals surface area (Å²) in [6, 6.07) is 13.0. The molecule has 2 aromatic rings. The molecule has 29 heavy (non-hydrogen) atoms. The van der Waals surface area contributed by atoms with E-state index in [9.17, 15) is 9.59 Å². The Hall–Kier alpha value is -2.02. The second kappa shape index (κ2) is 10.1. The summed E-state index contributed by atoms with van der Waals surface area (Å²) in [6.45, 7) is 7.99. The average molecular weight is 432 g/mol. The van der Waals surface area contributed by atoms with Gasteiger partial charge in [0.2, 0.25) is 5.91 Å². The minimum Gasteiger partial charge on any atom is -0.336 e. The van der Waals surface area contributed by atoms with Crippen LogP contribution in [-0.4, -0.2) is 54.3 Å². The average Bonchev–Trinajstić information content (AvgIpc) is 2.71. The number of piperazine rings is 1. The van der Waals surface area contributed by atoms with Gasteiger partial charge in [-0.3, -0.25) is 14.5 Å². The second-order valence-corrected chi connectivity index (χ2v) is 8.63. The number of amides is 2. The first-order chi connectivity index (χ1) is 14.0. The van der Waals surface area contributed by atoms with Crippen LogP contribution in [0.5, 0.6) is 0 Å². The Kier molecular flexibility index (Phi) is 7.58. The monoisotopic (exact) mass is 431 g/mol. The molecule has 1 fully saturated rings. The molecule has 0 radical (unpaired) electrons. The van der Waals surface area contributed by atoms with Gasteiger partial charge in [0.15, 0.2) is 0 Å². The molecule has 0 spiro atoms. The second-order valence-electron chi connectivity index (χ2n) is 7.08. The molecule has 1 saturated heterocycles. The van der Waals surface area contributed by atoms with Gasteiger partial charge in [0, 0.05) is 53.5 Å². The smallest absolute Gasteiger partial charge is 0.254 e. The van der Waals surface area contributed by atoms with Crippen LogP contribution in [0.15, 0.2) is 52.3 Å². The van der Waals surface area contributed by atoms with Crippen LogP contribution in [0.1, 0.15) is 30.6 Å². The maximum Gasteiger partial charge on any atom is 0.254 e. The molecule has 0 unspecified atom stereocenters. The number of halogens is 1. The van der Waals surface area contributed by atoms with E-state index in [0.29, 0.717) is 16.3 Å². The number of nitrogens with one attached hydrogen (secondary N) is 1. The summed E-state index contributed by atoms with van der Waals surface area (Å²) >= 11 is 7.48. The summed E-state index contributed by atoms with van der Waals surface area (Å²) in [4.78, 5) is 30.9. The van der Waals surface area contributed by atoms with Crippen LogP contribution in [0.3, 0.4) is 0 Å². The van der Waals surface area contributed by atoms with E-state index >= 15 is 0 Å². The van der Waals surface area contributed by atoms with Gasteiger partial charge in [0.05, 0.1) is 5.69 Å². The molecule has 3 rings (SSSR count). The number of nitrogens with zero attached hydrogens (tertiary/aromatic N) is 2. The third kappa shape index (κ3) is 5.98. The van der Waals surface area contributed by atoms with Crippen LogP contribution in [0, 0.1) is 0 Å². The Morgan fingerprint density at radius 3 is 2.38 bits per heavy atom. The van der Waals surface area contributed by atoms with Crippen LogP contribution in [0.4, 0.5) is 5.69 Å². The van der Waals surface area contributed by atoms with Crippen LogP contribution in [-0.2, 0) is 4.79 Å². The first kappa shape index (κ1) is 21.7. The Labute approximate surface area is 181 Å². The van der Waals surface area contributed by atoms with Gasteiger partial charge < -0.3 is 10.2 Å². The van der Waals surface area contributed by atoms with Gasteiger partial charge in [-0.15, -0.1) is 0 Å². The molecule has 1 aliphatic heterocycles. The van der Waals surface area contributed by atoms with Gasteiger partial charge in [0.25, 0.3) is 5.91 Å². The molecule has 0 aromatic heterocycles. The molecular weight excluding hydrogens is 406 g/mol. The number of carbonyl (C=O) groups is 2. The highest BCUT2D eigenvalue weighted by molar-refractivity contribution is 7.99. The van der Waals surface area contributed by atoms with Gasteiger partial charge in [-0.25, -0.2) is 0 Å². The fourth-order valence-corrected chi connectivity index (χ4v) is 4.35. The van der Waals surface area contributed by atoms with Gasteiger partial charge in [-0.2, -0.15) is 0 Å². The third-order valence-corrected chi connectivity index (χ3v) is 6.11. The highest BCUT2D eigenvalue weighted by atomic mass is 35.5. The fourth-order valence-electron chi connectivity index (χ4n) is 3.34. The van der Waals surface area contributed by atoms with Crippen molar-refractivity contribution in [2.45, 2.75) is 30.1 Å². The molecule has 0 saturated carbocycles. The standard InChI is InChI=1S/C22H26ClN3O2S/c1-3-10-25-11-13-26(14-12-25)22(28)17-4-9-21(20(15-17)24-16(2)27)29-19-7-5-18(23)6-8-19/h4-9,15H,3,10-14H2,1-2H3,(H,24,27). The SMILES string of the molecule is CCCN1CCN(C(=O)c2ccc(Sc3ccc(Cl)cc3)c(NC(C)=O)c2)CC1. The summed E-state index contributed by atoms with van der Waals surface area (Å²) in [7, 11) is 0. The number of benzene rings is 2. The van der Waals surface area contributed by atoms with E-state index in [1.165, 1.54) is 18.7 Å². The summed E-state index contributed by atoms with van der Waals surface area (Å²) < 4.78 is 0. The number of anilines is 1. The lowest BCUT2D eigenvalue weighted by Gasteiger charge is -2.34. The topological polar surface area (TPSA) is 52.6 Å². The number of rotatable bonds is 6. The lowest BCUT2D eigenvalue weighted by Crippen LogP contribution is -2.48. The maximum absolute atomic E-state index is 13.0. The normalized spacial score (nSPS) is 14.7. The van der Waals surface area contributed by atoms with E-state index < -0.39 is 0 Å². The highest BCUT2D eigenvalue weighted by Gasteiger charge is 2.22. The lowest BCUT2D eigenvalue weighted by molar-refractivity contribution is -0.114. The highest BCUT2D eigenvalue weighted by Crippen LogP contribution is 2.35. The van der Waals surface area contributed by atoms with E-state index in [-0.39, 0.29) is 11.8 Å². The zero-order valence-electron chi connectivity index (χ0n) is 16.8. The minimum atomic E-state index is -0.166. The molecule has 1 aliphatic rings. The summed E-state index contributed by atoms with van der Waals surface area (Å²) in [5.41, 5.74) is 1.24. The largest absolute Gasteiger partial charge is 0.336 e. The molecule has 1 N–H and O–H groups in total. The molecule has 2 amide bonds. The number of hydrogen-bond donors (Lipinski definition) is 1. The van der Waals surface area contributed by atoms with Crippen LogP contribution < -0.4 is 5.32 Å². The zero-order chi connectivity index (χ0) is 20.8. The Bertz CT molecular complexity index is 865. The first-order valence-electron chi connectivity index (χ1n) is 9.83. The molecule has 0 aliphatic carbocycles. The molecule has 2 aromatic carbocycles. The van der Waals surface area contributed by atoms with E-state index in [2.05, 4.69) is 17.1 Å². The summed E-state index contributed by atoms with van der Waals surface area (Å²) in [5, 5.41) is 3.54. The minimum absolute atomic E-state index is 0.00999.